The summed E-state index contributed by atoms with van der Waals surface area (Å²) in [5.41, 5.74) is 1.30. The first kappa shape index (κ1) is 102. The van der Waals surface area contributed by atoms with Crippen LogP contribution in [0.3, 0.4) is 0 Å². The fourth-order valence-electron chi connectivity index (χ4n) is 12.5. The smallest absolute Gasteiger partial charge is 0.347 e. The van der Waals surface area contributed by atoms with E-state index in [-0.39, 0.29) is 133 Å². The van der Waals surface area contributed by atoms with Gasteiger partial charge in [0.15, 0.2) is 46.3 Å². The number of hydrogen-bond acceptors (Lipinski definition) is 24. The molecule has 0 spiro atoms. The van der Waals surface area contributed by atoms with Gasteiger partial charge >= 0.3 is 59.7 Å². The highest BCUT2D eigenvalue weighted by molar-refractivity contribution is 6.00. The van der Waals surface area contributed by atoms with Crippen molar-refractivity contribution in [2.24, 2.45) is 0 Å². The molecule has 0 aliphatic rings. The van der Waals surface area contributed by atoms with Crippen molar-refractivity contribution in [1.29, 1.82) is 0 Å². The zero-order valence-corrected chi connectivity index (χ0v) is 74.0. The zero-order chi connectivity index (χ0) is 96.8. The molecule has 136 heavy (non-hydrogen) atoms. The molecular weight excluding hydrogens is 1760 g/mol. The van der Waals surface area contributed by atoms with Crippen LogP contribution < -0.4 is 47.4 Å². The summed E-state index contributed by atoms with van der Waals surface area (Å²) in [6.45, 7) is 15.0. The molecule has 10 rings (SSSR count). The summed E-state index contributed by atoms with van der Waals surface area (Å²) in [6.07, 6.45) is 14.8. The quantitative estimate of drug-likeness (QED) is 0.00651. The maximum absolute atomic E-state index is 15.5. The van der Waals surface area contributed by atoms with Crippen molar-refractivity contribution in [2.75, 3.05) is 52.9 Å². The van der Waals surface area contributed by atoms with Crippen LogP contribution in [-0.4, -0.2) is 113 Å². The zero-order valence-electron chi connectivity index (χ0n) is 74.0. The first-order valence-corrected chi connectivity index (χ1v) is 43.4. The van der Waals surface area contributed by atoms with Crippen molar-refractivity contribution in [2.45, 2.75) is 103 Å². The maximum atomic E-state index is 15.5. The molecule has 0 aliphatic carbocycles. The Morgan fingerprint density at radius 1 is 0.228 bits per heavy atom. The van der Waals surface area contributed by atoms with Gasteiger partial charge in [-0.2, -0.15) is 0 Å². The van der Waals surface area contributed by atoms with Crippen molar-refractivity contribution in [1.82, 2.24) is 0 Å². The van der Waals surface area contributed by atoms with Gasteiger partial charge < -0.3 is 66.3 Å². The molecule has 10 aromatic carbocycles. The van der Waals surface area contributed by atoms with Crippen molar-refractivity contribution in [3.8, 4) is 93.0 Å². The molecule has 24 nitrogen and oxygen atoms in total. The van der Waals surface area contributed by atoms with Gasteiger partial charge in [0.1, 0.15) is 45.6 Å². The van der Waals surface area contributed by atoms with Crippen LogP contribution in [0.25, 0.3) is 0 Å². The number of rotatable bonds is 48. The summed E-state index contributed by atoms with van der Waals surface area (Å²) >= 11 is 0. The van der Waals surface area contributed by atoms with E-state index in [4.69, 9.17) is 66.3 Å². The summed E-state index contributed by atoms with van der Waals surface area (Å²) < 4.78 is 138. The van der Waals surface area contributed by atoms with Gasteiger partial charge in [-0.1, -0.05) is 86.1 Å². The van der Waals surface area contributed by atoms with E-state index in [1.165, 1.54) is 84.9 Å². The van der Waals surface area contributed by atoms with E-state index in [2.05, 4.69) is 61.8 Å². The molecule has 0 fully saturated rings. The minimum atomic E-state index is -1.10. The average Bonchev–Trinajstić information content (AvgIpc) is 0.811. The summed E-state index contributed by atoms with van der Waals surface area (Å²) in [5.74, 6) is 4.90. The molecule has 0 bridgehead atoms. The van der Waals surface area contributed by atoms with E-state index < -0.39 is 94.1 Å². The van der Waals surface area contributed by atoms with Crippen LogP contribution in [0.5, 0.6) is 57.5 Å². The maximum Gasteiger partial charge on any atom is 0.347 e. The average molecular weight is 1850 g/mol. The van der Waals surface area contributed by atoms with Gasteiger partial charge in [0.05, 0.1) is 75.1 Å². The van der Waals surface area contributed by atoms with Crippen LogP contribution >= 0.6 is 0 Å². The van der Waals surface area contributed by atoms with Gasteiger partial charge in [0, 0.05) is 57.7 Å². The summed E-state index contributed by atoms with van der Waals surface area (Å²) in [4.78, 5) is 128. The number of unbranched alkanes of at least 4 members (excludes halogenated alkanes) is 12. The van der Waals surface area contributed by atoms with E-state index in [1.807, 2.05) is 0 Å². The second-order valence-electron chi connectivity index (χ2n) is 29.7. The Balaban J connectivity index is 0.788. The van der Waals surface area contributed by atoms with E-state index >= 15 is 17.6 Å². The highest BCUT2D eigenvalue weighted by Crippen LogP contribution is 2.33. The van der Waals surface area contributed by atoms with E-state index in [0.717, 1.165) is 98.5 Å². The third-order valence-electron chi connectivity index (χ3n) is 19.5. The van der Waals surface area contributed by atoms with E-state index in [1.54, 1.807) is 72.8 Å². The van der Waals surface area contributed by atoms with Crippen molar-refractivity contribution in [3.05, 3.63) is 347 Å². The standard InChI is InChI=1S/C108H94F4O24/c1-5-99(113)127-59-21-13-9-17-55-123-95-49-43-79(67-89(95)109)103(117)131-85-47-53-93(135-105(119)81-45-51-97(91(111)69-81)125-57-19-11-15-23-61-129-101(115)7-3)87(71-85)107(121)133-83-35-27-33-77(65-83)41-39-75-31-25-29-73(63-75)37-38-74-30-26-32-76(64-74)40-42-78-34-28-36-84(66-78)134-108(122)88-72-86(132-104(118)80-44-50-96(90(110)68-80)124-56-18-10-14-22-60-128-100(114)6-2)48-54-94(88)136-106(120)82-46-52-98(92(112)70-82)126-58-20-12-16-24-62-130-102(116)8-4/h5-8,25-36,43-54,63-72H,1-4,9-24,55-62H2. The number of carbonyl (C=O) groups excluding carboxylic acids is 10. The molecule has 0 radical (unpaired) electrons. The van der Waals surface area contributed by atoms with Crippen LogP contribution in [0, 0.1) is 58.8 Å². The summed E-state index contributed by atoms with van der Waals surface area (Å²) in [7, 11) is 0. The monoisotopic (exact) mass is 1850 g/mol. The molecule has 28 heteroatoms. The lowest BCUT2D eigenvalue weighted by atomic mass is 10.1. The Bertz CT molecular complexity index is 5850. The molecule has 0 N–H and O–H groups in total. The second kappa shape index (κ2) is 54.3. The molecule has 0 heterocycles. The van der Waals surface area contributed by atoms with Crippen molar-refractivity contribution >= 4 is 59.7 Å². The van der Waals surface area contributed by atoms with Crippen LogP contribution in [0.15, 0.2) is 257 Å². The number of halogens is 4. The lowest BCUT2D eigenvalue weighted by Gasteiger charge is -2.13. The minimum Gasteiger partial charge on any atom is -0.491 e. The van der Waals surface area contributed by atoms with Crippen LogP contribution in [0.4, 0.5) is 17.6 Å². The van der Waals surface area contributed by atoms with Gasteiger partial charge in [-0.15, -0.1) is 0 Å². The van der Waals surface area contributed by atoms with Crippen LogP contribution in [0.2, 0.25) is 0 Å². The lowest BCUT2D eigenvalue weighted by Crippen LogP contribution is -2.16. The summed E-state index contributed by atoms with van der Waals surface area (Å²) in [6, 6.07) is 47.2. The molecule has 0 aliphatic heterocycles. The summed E-state index contributed by atoms with van der Waals surface area (Å²) in [5, 5.41) is 0. The van der Waals surface area contributed by atoms with Crippen molar-refractivity contribution in [3.63, 3.8) is 0 Å². The molecule has 0 aromatic heterocycles. The van der Waals surface area contributed by atoms with Gasteiger partial charge in [-0.3, -0.25) is 0 Å². The van der Waals surface area contributed by atoms with E-state index in [9.17, 15) is 47.9 Å². The second-order valence-corrected chi connectivity index (χ2v) is 29.7. The Morgan fingerprint density at radius 2 is 0.449 bits per heavy atom. The number of carbonyl (C=O) groups is 10. The molecule has 698 valence electrons. The number of hydrogen-bond donors (Lipinski definition) is 0. The van der Waals surface area contributed by atoms with Crippen molar-refractivity contribution < 1.29 is 132 Å². The first-order chi connectivity index (χ1) is 66.0. The fourth-order valence-corrected chi connectivity index (χ4v) is 12.5. The number of benzene rings is 10. The normalized spacial score (nSPS) is 10.4. The predicted octanol–water partition coefficient (Wildman–Crippen LogP) is 20.4. The Hall–Kier alpha value is -16.5. The van der Waals surface area contributed by atoms with Crippen LogP contribution in [0.1, 0.15) is 198 Å². The fraction of sp³-hybridized carbons (Fsp3) is 0.222. The van der Waals surface area contributed by atoms with Gasteiger partial charge in [-0.05, 0) is 285 Å². The number of esters is 10. The van der Waals surface area contributed by atoms with Gasteiger partial charge in [-0.25, -0.2) is 65.5 Å². The van der Waals surface area contributed by atoms with Crippen LogP contribution in [-0.2, 0) is 38.1 Å². The molecule has 0 atom stereocenters. The highest BCUT2D eigenvalue weighted by atomic mass is 19.1. The molecule has 0 unspecified atom stereocenters. The lowest BCUT2D eigenvalue weighted by molar-refractivity contribution is -0.138. The van der Waals surface area contributed by atoms with Gasteiger partial charge in [0.25, 0.3) is 0 Å². The predicted molar refractivity (Wildman–Crippen MR) is 492 cm³/mol. The highest BCUT2D eigenvalue weighted by Gasteiger charge is 2.26. The Labute approximate surface area is 783 Å². The van der Waals surface area contributed by atoms with Gasteiger partial charge in [0.2, 0.25) is 0 Å². The molecule has 0 saturated carbocycles. The third-order valence-corrected chi connectivity index (χ3v) is 19.5. The third kappa shape index (κ3) is 34.0. The Morgan fingerprint density at radius 3 is 0.706 bits per heavy atom. The SMILES string of the molecule is C=CC(=O)OCCCCCCOc1ccc(C(=O)Oc2ccc(OC(=O)c3ccc(OCCCCCCOC(=O)C=C)c(F)c3)c(C(=O)Oc3cccc(C#Cc4cccc(C#Cc5cccc(C#Cc6cccc(OC(=O)c7cc(OC(=O)c8ccc(OCCCCCCOC(=O)C=C)c(F)c8)ccc7OC(=O)c7ccc(OCCCCCCOC(=O)C=C)c(F)c7)c6)c5)c4)c3)c2)cc1F. The Kier molecular flexibility index (Phi) is 40.6. The minimum absolute atomic E-state index is 0.0112. The topological polar surface area (TPSA) is 300 Å². The molecular formula is C108H94F4O24. The van der Waals surface area contributed by atoms with E-state index in [0.29, 0.717) is 110 Å². The largest absolute Gasteiger partial charge is 0.491 e. The molecule has 10 aromatic rings. The molecule has 0 saturated heterocycles. The molecule has 0 amide bonds. The first-order valence-electron chi connectivity index (χ1n) is 43.4. The number of ether oxygens (including phenoxy) is 14.